The van der Waals surface area contributed by atoms with E-state index in [-0.39, 0.29) is 0 Å². The molecule has 0 radical (unpaired) electrons. The first-order chi connectivity index (χ1) is 6.30. The second-order valence-corrected chi connectivity index (χ2v) is 5.89. The van der Waals surface area contributed by atoms with E-state index in [9.17, 15) is 19.4 Å². The normalized spacial score (nSPS) is 23.6. The summed E-state index contributed by atoms with van der Waals surface area (Å²) in [6, 6.07) is -1.58. The summed E-state index contributed by atoms with van der Waals surface area (Å²) in [6.07, 6.45) is 0.314. The molecule has 1 fully saturated rings. The molecule has 1 atom stereocenters. The maximum Gasteiger partial charge on any atom is 0.334 e. The van der Waals surface area contributed by atoms with Gasteiger partial charge < -0.3 is 9.79 Å². The minimum atomic E-state index is -3.86. The van der Waals surface area contributed by atoms with E-state index >= 15 is 0 Å². The third-order valence-electron chi connectivity index (χ3n) is 2.06. The van der Waals surface area contributed by atoms with Crippen LogP contribution in [-0.2, 0) is 16.6 Å². The van der Waals surface area contributed by atoms with E-state index in [1.54, 1.807) is 6.92 Å². The van der Waals surface area contributed by atoms with Crippen molar-refractivity contribution in [3.63, 3.8) is 0 Å². The highest BCUT2D eigenvalue weighted by molar-refractivity contribution is 8.08. The number of hydrogen-bond acceptors (Lipinski definition) is 3. The van der Waals surface area contributed by atoms with Crippen LogP contribution in [0.15, 0.2) is 0 Å². The minimum Gasteiger partial charge on any atom is -0.329 e. The molecule has 2 N–H and O–H groups in total. The molecule has 0 spiro atoms. The molecule has 1 heterocycles. The Morgan fingerprint density at radius 1 is 1.50 bits per heavy atom. The quantitative estimate of drug-likeness (QED) is 0.517. The zero-order valence-electron chi connectivity index (χ0n) is 7.75. The largest absolute Gasteiger partial charge is 0.334 e. The van der Waals surface area contributed by atoms with E-state index in [0.29, 0.717) is 11.1 Å². The summed E-state index contributed by atoms with van der Waals surface area (Å²) in [5.41, 5.74) is 0. The molecule has 1 rings (SSSR count). The number of hydrogen-bond donors (Lipinski definition) is 2. The molecule has 0 aromatic heterocycles. The molecule has 1 aliphatic heterocycles. The average Bonchev–Trinajstić information content (AvgIpc) is 2.28. The smallest absolute Gasteiger partial charge is 0.329 e. The second kappa shape index (κ2) is 3.58. The van der Waals surface area contributed by atoms with E-state index in [2.05, 4.69) is 11.8 Å². The third kappa shape index (κ3) is 1.68. The van der Waals surface area contributed by atoms with Crippen LogP contribution >= 0.6 is 6.64 Å². The van der Waals surface area contributed by atoms with Gasteiger partial charge in [0.15, 0.2) is 0 Å². The van der Waals surface area contributed by atoms with Gasteiger partial charge in [0.25, 0.3) is 12.5 Å². The molecular weight excluding hydrogens is 227 g/mol. The molecule has 3 amide bonds. The number of likely N-dealkylation sites (N-methyl/N-ethyl adjacent to an activating group) is 1. The van der Waals surface area contributed by atoms with Crippen molar-refractivity contribution < 1.29 is 19.4 Å². The standard InChI is InChI=1S/C6H11N2O4PS/c1-3-4-5(9)7(2)6(10)8(4)13(11,12)14/h4H,3H2,1-2H3,(H2,11,12,14). The van der Waals surface area contributed by atoms with Crippen LogP contribution in [0.5, 0.6) is 0 Å². The van der Waals surface area contributed by atoms with Crippen LogP contribution in [0.25, 0.3) is 0 Å². The molecule has 8 heteroatoms. The number of carbonyl (C=O) groups is 2. The number of amides is 3. The average molecular weight is 238 g/mol. The van der Waals surface area contributed by atoms with Gasteiger partial charge in [-0.25, -0.2) is 9.46 Å². The van der Waals surface area contributed by atoms with Crippen LogP contribution in [0.1, 0.15) is 13.3 Å². The Balaban J connectivity index is 3.11. The van der Waals surface area contributed by atoms with Crippen molar-refractivity contribution in [3.8, 4) is 0 Å². The molecule has 1 aliphatic rings. The van der Waals surface area contributed by atoms with Gasteiger partial charge in [-0.2, -0.15) is 0 Å². The molecule has 0 aromatic carbocycles. The summed E-state index contributed by atoms with van der Waals surface area (Å²) in [5.74, 6) is -0.449. The zero-order chi connectivity index (χ0) is 11.1. The lowest BCUT2D eigenvalue weighted by Gasteiger charge is -2.24. The molecule has 80 valence electrons. The molecule has 1 saturated heterocycles. The summed E-state index contributed by atoms with van der Waals surface area (Å²) in [4.78, 5) is 42.1. The maximum atomic E-state index is 11.4. The number of carbonyl (C=O) groups excluding carboxylic acids is 2. The molecule has 1 unspecified atom stereocenters. The van der Waals surface area contributed by atoms with Gasteiger partial charge in [0.05, 0.1) is 0 Å². The van der Waals surface area contributed by atoms with Crippen molar-refractivity contribution in [2.75, 3.05) is 7.05 Å². The van der Waals surface area contributed by atoms with Gasteiger partial charge in [0, 0.05) is 7.05 Å². The topological polar surface area (TPSA) is 81.1 Å². The summed E-state index contributed by atoms with van der Waals surface area (Å²) in [5, 5.41) is 0. The van der Waals surface area contributed by atoms with Crippen molar-refractivity contribution in [2.45, 2.75) is 19.4 Å². The molecular formula is C6H11N2O4PS. The highest BCUT2D eigenvalue weighted by atomic mass is 32.5. The fraction of sp³-hybridized carbons (Fsp3) is 0.667. The Morgan fingerprint density at radius 2 is 2.00 bits per heavy atom. The fourth-order valence-corrected chi connectivity index (χ4v) is 2.88. The first-order valence-electron chi connectivity index (χ1n) is 3.97. The van der Waals surface area contributed by atoms with E-state index in [4.69, 9.17) is 0 Å². The van der Waals surface area contributed by atoms with Crippen LogP contribution in [0.2, 0.25) is 0 Å². The molecule has 0 aromatic rings. The van der Waals surface area contributed by atoms with Gasteiger partial charge in [0.2, 0.25) is 0 Å². The number of urea groups is 1. The highest BCUT2D eigenvalue weighted by Gasteiger charge is 2.47. The highest BCUT2D eigenvalue weighted by Crippen LogP contribution is 2.46. The Hall–Kier alpha value is -0.490. The molecule has 0 saturated carbocycles. The lowest BCUT2D eigenvalue weighted by atomic mass is 10.2. The predicted molar refractivity (Wildman–Crippen MR) is 52.8 cm³/mol. The Morgan fingerprint density at radius 3 is 2.29 bits per heavy atom. The van der Waals surface area contributed by atoms with Gasteiger partial charge in [-0.15, -0.1) is 0 Å². The van der Waals surface area contributed by atoms with E-state index in [1.807, 2.05) is 0 Å². The Kier molecular flexibility index (Phi) is 2.96. The SMILES string of the molecule is CCC1C(=O)N(C)C(=O)N1P(O)(O)=S. The fourth-order valence-electron chi connectivity index (χ4n) is 1.35. The van der Waals surface area contributed by atoms with Crippen molar-refractivity contribution >= 4 is 30.4 Å². The third-order valence-corrected chi connectivity index (χ3v) is 3.60. The van der Waals surface area contributed by atoms with Crippen LogP contribution in [0, 0.1) is 0 Å². The van der Waals surface area contributed by atoms with Crippen molar-refractivity contribution in [3.05, 3.63) is 0 Å². The van der Waals surface area contributed by atoms with E-state index in [1.165, 1.54) is 7.05 Å². The van der Waals surface area contributed by atoms with Crippen molar-refractivity contribution in [2.24, 2.45) is 0 Å². The number of imide groups is 1. The maximum absolute atomic E-state index is 11.4. The van der Waals surface area contributed by atoms with Crippen LogP contribution in [-0.4, -0.2) is 44.4 Å². The zero-order valence-corrected chi connectivity index (χ0v) is 9.46. The molecule has 0 aliphatic carbocycles. The van der Waals surface area contributed by atoms with Gasteiger partial charge in [0.1, 0.15) is 6.04 Å². The first kappa shape index (κ1) is 11.6. The number of rotatable bonds is 2. The van der Waals surface area contributed by atoms with Crippen LogP contribution < -0.4 is 0 Å². The first-order valence-corrected chi connectivity index (χ1v) is 6.63. The van der Waals surface area contributed by atoms with E-state index in [0.717, 1.165) is 4.90 Å². The van der Waals surface area contributed by atoms with Gasteiger partial charge in [-0.3, -0.25) is 9.69 Å². The van der Waals surface area contributed by atoms with Gasteiger partial charge in [-0.1, -0.05) is 6.92 Å². The lowest BCUT2D eigenvalue weighted by Crippen LogP contribution is -2.31. The monoisotopic (exact) mass is 238 g/mol. The number of nitrogens with zero attached hydrogens (tertiary/aromatic N) is 2. The van der Waals surface area contributed by atoms with Gasteiger partial charge >= 0.3 is 6.03 Å². The van der Waals surface area contributed by atoms with Crippen LogP contribution in [0.4, 0.5) is 4.79 Å². The Bertz CT molecular complexity index is 328. The molecule has 6 nitrogen and oxygen atoms in total. The summed E-state index contributed by atoms with van der Waals surface area (Å²) in [6.45, 7) is -2.19. The Labute approximate surface area is 86.3 Å². The molecule has 0 bridgehead atoms. The minimum absolute atomic E-state index is 0.314. The van der Waals surface area contributed by atoms with Crippen LogP contribution in [0.3, 0.4) is 0 Å². The van der Waals surface area contributed by atoms with E-state index < -0.39 is 24.6 Å². The second-order valence-electron chi connectivity index (χ2n) is 2.96. The predicted octanol–water partition coefficient (Wildman–Crippen LogP) is -0.132. The summed E-state index contributed by atoms with van der Waals surface area (Å²) in [7, 11) is 1.29. The molecule has 14 heavy (non-hydrogen) atoms. The summed E-state index contributed by atoms with van der Waals surface area (Å²) < 4.78 is 0.699. The summed E-state index contributed by atoms with van der Waals surface area (Å²) >= 11 is 4.42. The lowest BCUT2D eigenvalue weighted by molar-refractivity contribution is -0.127. The van der Waals surface area contributed by atoms with Crippen molar-refractivity contribution in [1.29, 1.82) is 0 Å². The van der Waals surface area contributed by atoms with Crippen molar-refractivity contribution in [1.82, 2.24) is 9.57 Å². The van der Waals surface area contributed by atoms with Gasteiger partial charge in [-0.05, 0) is 18.2 Å².